The Kier molecular flexibility index (Phi) is 4.55. The van der Waals surface area contributed by atoms with E-state index in [1.54, 1.807) is 18.3 Å². The molecule has 0 saturated carbocycles. The second-order valence-electron chi connectivity index (χ2n) is 7.14. The highest BCUT2D eigenvalue weighted by Gasteiger charge is 2.24. The average molecular weight is 382 g/mol. The van der Waals surface area contributed by atoms with Crippen molar-refractivity contribution >= 4 is 33.1 Å². The number of carbonyl (C=O) groups is 1. The molecule has 4 rings (SSSR count). The predicted molar refractivity (Wildman–Crippen MR) is 108 cm³/mol. The molecule has 0 aliphatic heterocycles. The second-order valence-corrected chi connectivity index (χ2v) is 8.23. The highest BCUT2D eigenvalue weighted by atomic mass is 32.1. The van der Waals surface area contributed by atoms with Crippen LogP contribution in [-0.4, -0.2) is 20.9 Å². The lowest BCUT2D eigenvalue weighted by molar-refractivity contribution is -0.119. The van der Waals surface area contributed by atoms with Crippen molar-refractivity contribution in [3.8, 4) is 0 Å². The van der Waals surface area contributed by atoms with Gasteiger partial charge in [0.25, 0.3) is 5.56 Å². The van der Waals surface area contributed by atoms with Gasteiger partial charge in [-0.3, -0.25) is 9.59 Å². The van der Waals surface area contributed by atoms with Crippen molar-refractivity contribution in [2.75, 3.05) is 5.32 Å². The molecule has 1 aromatic carbocycles. The van der Waals surface area contributed by atoms with E-state index in [9.17, 15) is 9.59 Å². The van der Waals surface area contributed by atoms with Gasteiger partial charge < -0.3 is 5.32 Å². The lowest BCUT2D eigenvalue weighted by Crippen LogP contribution is -2.34. The van der Waals surface area contributed by atoms with Gasteiger partial charge in [0.2, 0.25) is 5.91 Å². The number of anilines is 1. The number of fused-ring (bicyclic) bond motifs is 3. The number of nitrogens with zero attached hydrogens (tertiary/aromatic N) is 3. The fourth-order valence-corrected chi connectivity index (χ4v) is 4.77. The Bertz CT molecular complexity index is 1100. The lowest BCUT2D eigenvalue weighted by atomic mass is 9.97. The van der Waals surface area contributed by atoms with Gasteiger partial charge in [0.1, 0.15) is 6.04 Å². The maximum atomic E-state index is 13.1. The molecule has 0 radical (unpaired) electrons. The van der Waals surface area contributed by atoms with E-state index in [-0.39, 0.29) is 11.5 Å². The Morgan fingerprint density at radius 1 is 1.26 bits per heavy atom. The van der Waals surface area contributed by atoms with Crippen LogP contribution in [0.5, 0.6) is 0 Å². The zero-order valence-electron chi connectivity index (χ0n) is 15.7. The first-order chi connectivity index (χ1) is 13.0. The molecule has 6 nitrogen and oxygen atoms in total. The normalized spacial score (nSPS) is 14.8. The molecule has 1 aliphatic carbocycles. The van der Waals surface area contributed by atoms with E-state index in [4.69, 9.17) is 0 Å². The van der Waals surface area contributed by atoms with E-state index >= 15 is 0 Å². The number of carbonyl (C=O) groups excluding carboxylic acids is 1. The third-order valence-corrected chi connectivity index (χ3v) is 6.59. The summed E-state index contributed by atoms with van der Waals surface area (Å²) in [6.07, 6.45) is 4.14. The molecular weight excluding hydrogens is 360 g/mol. The SMILES string of the molecule is Cc1cccc(NC(=O)[C@H](C)n2nnc3sc4c(c3c2=O)CCCC4)c1C. The standard InChI is InChI=1S/C20H22N4O2S/c1-11-7-6-9-15(12(11)2)21-18(25)13(3)24-20(26)17-14-8-4-5-10-16(14)27-19(17)22-23-24/h6-7,9,13H,4-5,8,10H2,1-3H3,(H,21,25)/t13-/m0/s1. The molecule has 0 spiro atoms. The molecule has 1 amide bonds. The van der Waals surface area contributed by atoms with Crippen LogP contribution in [0.25, 0.3) is 10.2 Å². The summed E-state index contributed by atoms with van der Waals surface area (Å²) in [5, 5.41) is 11.9. The summed E-state index contributed by atoms with van der Waals surface area (Å²) in [6.45, 7) is 5.64. The lowest BCUT2D eigenvalue weighted by Gasteiger charge is -2.16. The van der Waals surface area contributed by atoms with Gasteiger partial charge in [-0.25, -0.2) is 0 Å². The Balaban J connectivity index is 1.69. The van der Waals surface area contributed by atoms with Crippen molar-refractivity contribution in [3.05, 3.63) is 50.1 Å². The molecule has 0 unspecified atom stereocenters. The summed E-state index contributed by atoms with van der Waals surface area (Å²) >= 11 is 1.56. The molecule has 1 N–H and O–H groups in total. The topological polar surface area (TPSA) is 76.9 Å². The summed E-state index contributed by atoms with van der Waals surface area (Å²) in [7, 11) is 0. The molecule has 7 heteroatoms. The molecule has 2 aromatic heterocycles. The minimum atomic E-state index is -0.742. The van der Waals surface area contributed by atoms with Crippen molar-refractivity contribution in [2.45, 2.75) is 52.5 Å². The highest BCUT2D eigenvalue weighted by molar-refractivity contribution is 7.18. The molecule has 27 heavy (non-hydrogen) atoms. The molecule has 140 valence electrons. The quantitative estimate of drug-likeness (QED) is 0.751. The van der Waals surface area contributed by atoms with Gasteiger partial charge in [0.05, 0.1) is 5.39 Å². The smallest absolute Gasteiger partial charge is 0.279 e. The Morgan fingerprint density at radius 2 is 2.04 bits per heavy atom. The largest absolute Gasteiger partial charge is 0.324 e. The van der Waals surface area contributed by atoms with Gasteiger partial charge in [0, 0.05) is 10.6 Å². The molecule has 3 aromatic rings. The van der Waals surface area contributed by atoms with E-state index in [0.29, 0.717) is 10.2 Å². The minimum Gasteiger partial charge on any atom is -0.324 e. The third kappa shape index (κ3) is 3.06. The number of amides is 1. The van der Waals surface area contributed by atoms with E-state index in [1.165, 1.54) is 9.56 Å². The van der Waals surface area contributed by atoms with E-state index in [2.05, 4.69) is 15.6 Å². The van der Waals surface area contributed by atoms with Crippen molar-refractivity contribution < 1.29 is 4.79 Å². The zero-order chi connectivity index (χ0) is 19.1. The molecule has 1 atom stereocenters. The summed E-state index contributed by atoms with van der Waals surface area (Å²) in [6, 6.07) is 5.02. The van der Waals surface area contributed by atoms with Gasteiger partial charge in [-0.05, 0) is 69.2 Å². The molecule has 1 aliphatic rings. The Labute approximate surface area is 161 Å². The maximum absolute atomic E-state index is 13.1. The predicted octanol–water partition coefficient (Wildman–Crippen LogP) is 3.55. The van der Waals surface area contributed by atoms with Gasteiger partial charge in [-0.1, -0.05) is 17.3 Å². The number of aromatic nitrogens is 3. The van der Waals surface area contributed by atoms with Crippen LogP contribution in [0.4, 0.5) is 5.69 Å². The fraction of sp³-hybridized carbons (Fsp3) is 0.400. The van der Waals surface area contributed by atoms with Gasteiger partial charge in [-0.15, -0.1) is 16.4 Å². The van der Waals surface area contributed by atoms with Gasteiger partial charge in [0.15, 0.2) is 4.83 Å². The number of benzene rings is 1. The summed E-state index contributed by atoms with van der Waals surface area (Å²) < 4.78 is 1.21. The summed E-state index contributed by atoms with van der Waals surface area (Å²) in [5.41, 5.74) is 3.75. The van der Waals surface area contributed by atoms with E-state index in [0.717, 1.165) is 48.1 Å². The van der Waals surface area contributed by atoms with Gasteiger partial charge in [-0.2, -0.15) is 4.68 Å². The summed E-state index contributed by atoms with van der Waals surface area (Å²) in [5.74, 6) is -0.274. The van der Waals surface area contributed by atoms with Crippen LogP contribution in [0.2, 0.25) is 0 Å². The van der Waals surface area contributed by atoms with Crippen LogP contribution < -0.4 is 10.9 Å². The first kappa shape index (κ1) is 17.9. The fourth-order valence-electron chi connectivity index (χ4n) is 3.57. The van der Waals surface area contributed by atoms with E-state index < -0.39 is 6.04 Å². The highest BCUT2D eigenvalue weighted by Crippen LogP contribution is 2.33. The van der Waals surface area contributed by atoms with Crippen LogP contribution >= 0.6 is 11.3 Å². The minimum absolute atomic E-state index is 0.219. The number of hydrogen-bond acceptors (Lipinski definition) is 5. The molecular formula is C20H22N4O2S. The van der Waals surface area contributed by atoms with Crippen molar-refractivity contribution in [2.24, 2.45) is 0 Å². The van der Waals surface area contributed by atoms with Crippen LogP contribution in [0, 0.1) is 13.8 Å². The van der Waals surface area contributed by atoms with Crippen molar-refractivity contribution in [1.29, 1.82) is 0 Å². The number of hydrogen-bond donors (Lipinski definition) is 1. The third-order valence-electron chi connectivity index (χ3n) is 5.42. The second kappa shape index (κ2) is 6.88. The Morgan fingerprint density at radius 3 is 2.85 bits per heavy atom. The first-order valence-electron chi connectivity index (χ1n) is 9.24. The Hall–Kier alpha value is -2.54. The monoisotopic (exact) mass is 382 g/mol. The first-order valence-corrected chi connectivity index (χ1v) is 10.1. The van der Waals surface area contributed by atoms with Crippen LogP contribution in [-0.2, 0) is 17.6 Å². The number of rotatable bonds is 3. The molecule has 0 bridgehead atoms. The molecule has 2 heterocycles. The molecule has 0 saturated heterocycles. The average Bonchev–Trinajstić information content (AvgIpc) is 3.04. The van der Waals surface area contributed by atoms with Crippen LogP contribution in [0.3, 0.4) is 0 Å². The van der Waals surface area contributed by atoms with E-state index in [1.807, 2.05) is 32.0 Å². The number of aryl methyl sites for hydroxylation is 3. The zero-order valence-corrected chi connectivity index (χ0v) is 16.5. The van der Waals surface area contributed by atoms with Crippen molar-refractivity contribution in [1.82, 2.24) is 15.0 Å². The van der Waals surface area contributed by atoms with Crippen LogP contribution in [0.1, 0.15) is 47.4 Å². The van der Waals surface area contributed by atoms with Crippen LogP contribution in [0.15, 0.2) is 23.0 Å². The summed E-state index contributed by atoms with van der Waals surface area (Å²) in [4.78, 5) is 27.8. The number of thiophene rings is 1. The number of nitrogens with one attached hydrogen (secondary N) is 1. The molecule has 0 fully saturated rings. The maximum Gasteiger partial charge on any atom is 0.279 e. The van der Waals surface area contributed by atoms with Crippen molar-refractivity contribution in [3.63, 3.8) is 0 Å². The van der Waals surface area contributed by atoms with Gasteiger partial charge >= 0.3 is 0 Å².